The van der Waals surface area contributed by atoms with Crippen molar-refractivity contribution < 1.29 is 17.9 Å². The number of hydrogen-bond donors (Lipinski definition) is 1. The largest absolute Gasteiger partial charge is 0.377 e. The van der Waals surface area contributed by atoms with Crippen molar-refractivity contribution in [2.24, 2.45) is 0 Å². The lowest BCUT2D eigenvalue weighted by Crippen LogP contribution is -2.50. The number of ether oxygens (including phenoxy) is 1. The Morgan fingerprint density at radius 1 is 1.29 bits per heavy atom. The van der Waals surface area contributed by atoms with E-state index in [0.29, 0.717) is 31.3 Å². The highest BCUT2D eigenvalue weighted by Gasteiger charge is 2.26. The summed E-state index contributed by atoms with van der Waals surface area (Å²) in [7, 11) is -3.83. The van der Waals surface area contributed by atoms with E-state index >= 15 is 0 Å². The van der Waals surface area contributed by atoms with E-state index in [2.05, 4.69) is 23.5 Å². The molecule has 0 radical (unpaired) electrons. The lowest BCUT2D eigenvalue weighted by Gasteiger charge is -2.37. The first-order valence-corrected chi connectivity index (χ1v) is 11.6. The first-order chi connectivity index (χ1) is 13.3. The third kappa shape index (κ3) is 5.04. The summed E-state index contributed by atoms with van der Waals surface area (Å²) in [6, 6.07) is 4.87. The van der Waals surface area contributed by atoms with Crippen LogP contribution in [0.15, 0.2) is 23.1 Å². The Morgan fingerprint density at radius 2 is 2.00 bits per heavy atom. The Hall–Kier alpha value is -1.19. The molecule has 28 heavy (non-hydrogen) atoms. The van der Waals surface area contributed by atoms with Crippen molar-refractivity contribution in [3.63, 3.8) is 0 Å². The Morgan fingerprint density at radius 3 is 2.61 bits per heavy atom. The molecule has 2 aliphatic rings. The summed E-state index contributed by atoms with van der Waals surface area (Å²) < 4.78 is 33.4. The molecule has 1 unspecified atom stereocenters. The van der Waals surface area contributed by atoms with Gasteiger partial charge in [-0.2, -0.15) is 0 Å². The molecule has 1 amide bonds. The fraction of sp³-hybridized carbons (Fsp3) is 0.632. The Labute approximate surface area is 172 Å². The molecule has 1 N–H and O–H groups in total. The molecule has 0 aliphatic carbocycles. The maximum absolute atomic E-state index is 12.9. The summed E-state index contributed by atoms with van der Waals surface area (Å²) in [6.45, 7) is 8.00. The lowest BCUT2D eigenvalue weighted by atomic mass is 10.1. The van der Waals surface area contributed by atoms with Gasteiger partial charge in [-0.25, -0.2) is 13.1 Å². The van der Waals surface area contributed by atoms with E-state index in [9.17, 15) is 13.2 Å². The average Bonchev–Trinajstić information content (AvgIpc) is 3.20. The average molecular weight is 430 g/mol. The van der Waals surface area contributed by atoms with Crippen LogP contribution < -0.4 is 4.72 Å². The first-order valence-electron chi connectivity index (χ1n) is 9.72. The molecule has 0 saturated carbocycles. The van der Waals surface area contributed by atoms with Gasteiger partial charge in [-0.15, -0.1) is 0 Å². The van der Waals surface area contributed by atoms with Crippen LogP contribution in [0.2, 0.25) is 5.02 Å². The predicted molar refractivity (Wildman–Crippen MR) is 108 cm³/mol. The van der Waals surface area contributed by atoms with Gasteiger partial charge < -0.3 is 9.64 Å². The van der Waals surface area contributed by atoms with Crippen molar-refractivity contribution in [3.8, 4) is 0 Å². The third-order valence-corrected chi connectivity index (χ3v) is 7.23. The van der Waals surface area contributed by atoms with E-state index in [1.165, 1.54) is 12.1 Å². The minimum atomic E-state index is -3.83. The van der Waals surface area contributed by atoms with E-state index in [4.69, 9.17) is 16.3 Å². The first kappa shape index (κ1) is 21.5. The highest BCUT2D eigenvalue weighted by Crippen LogP contribution is 2.24. The minimum absolute atomic E-state index is 0.0705. The monoisotopic (exact) mass is 429 g/mol. The van der Waals surface area contributed by atoms with Crippen LogP contribution in [-0.2, 0) is 14.8 Å². The molecule has 3 rings (SSSR count). The molecule has 7 nitrogen and oxygen atoms in total. The molecular formula is C19H28ClN3O4S. The highest BCUT2D eigenvalue weighted by atomic mass is 35.5. The number of carbonyl (C=O) groups excluding carboxylic acids is 1. The SMILES string of the molecule is CC(C)N1CCN(C(=O)c2ccc(Cl)c(S(=O)(=O)NCC3CCCO3)c2)CC1. The second kappa shape index (κ2) is 9.09. The van der Waals surface area contributed by atoms with Crippen molar-refractivity contribution in [3.05, 3.63) is 28.8 Å². The van der Waals surface area contributed by atoms with Gasteiger partial charge in [-0.3, -0.25) is 9.69 Å². The zero-order chi connectivity index (χ0) is 20.3. The number of rotatable bonds is 6. The fourth-order valence-corrected chi connectivity index (χ4v) is 5.14. The molecule has 156 valence electrons. The summed E-state index contributed by atoms with van der Waals surface area (Å²) in [5.41, 5.74) is 0.333. The molecule has 0 bridgehead atoms. The molecule has 0 spiro atoms. The number of amides is 1. The van der Waals surface area contributed by atoms with Gasteiger partial charge in [0.15, 0.2) is 0 Å². The number of hydrogen-bond acceptors (Lipinski definition) is 5. The molecule has 2 fully saturated rings. The van der Waals surface area contributed by atoms with Crippen LogP contribution in [-0.4, -0.2) is 75.6 Å². The minimum Gasteiger partial charge on any atom is -0.377 e. The van der Waals surface area contributed by atoms with Gasteiger partial charge in [0, 0.05) is 50.9 Å². The second-order valence-electron chi connectivity index (χ2n) is 7.55. The smallest absolute Gasteiger partial charge is 0.253 e. The van der Waals surface area contributed by atoms with Gasteiger partial charge >= 0.3 is 0 Å². The maximum atomic E-state index is 12.9. The molecule has 1 aromatic carbocycles. The van der Waals surface area contributed by atoms with E-state index in [0.717, 1.165) is 25.9 Å². The van der Waals surface area contributed by atoms with Gasteiger partial charge in [-0.05, 0) is 44.9 Å². The van der Waals surface area contributed by atoms with E-state index in [1.807, 2.05) is 0 Å². The number of piperazine rings is 1. The van der Waals surface area contributed by atoms with Gasteiger partial charge in [-0.1, -0.05) is 11.6 Å². The van der Waals surface area contributed by atoms with Crippen molar-refractivity contribution in [1.29, 1.82) is 0 Å². The molecule has 1 atom stereocenters. The zero-order valence-electron chi connectivity index (χ0n) is 16.4. The number of nitrogens with zero attached hydrogens (tertiary/aromatic N) is 2. The van der Waals surface area contributed by atoms with Crippen LogP contribution in [0.5, 0.6) is 0 Å². The zero-order valence-corrected chi connectivity index (χ0v) is 17.9. The van der Waals surface area contributed by atoms with Gasteiger partial charge in [0.1, 0.15) is 4.90 Å². The second-order valence-corrected chi connectivity index (χ2v) is 9.70. The highest BCUT2D eigenvalue weighted by molar-refractivity contribution is 7.89. The summed E-state index contributed by atoms with van der Waals surface area (Å²) in [6.07, 6.45) is 1.65. The topological polar surface area (TPSA) is 79.0 Å². The molecule has 0 aromatic heterocycles. The van der Waals surface area contributed by atoms with E-state index in [-0.39, 0.29) is 28.5 Å². The van der Waals surface area contributed by atoms with Crippen molar-refractivity contribution in [2.45, 2.75) is 43.7 Å². The third-order valence-electron chi connectivity index (χ3n) is 5.32. The standard InChI is InChI=1S/C19H28ClN3O4S/c1-14(2)22-7-9-23(10-8-22)19(24)15-5-6-17(20)18(12-15)28(25,26)21-13-16-4-3-11-27-16/h5-6,12,14,16,21H,3-4,7-11,13H2,1-2H3. The van der Waals surface area contributed by atoms with Gasteiger partial charge in [0.05, 0.1) is 11.1 Å². The molecule has 2 heterocycles. The van der Waals surface area contributed by atoms with Crippen LogP contribution >= 0.6 is 11.6 Å². The Bertz CT molecular complexity index is 801. The van der Waals surface area contributed by atoms with Gasteiger partial charge in [0.2, 0.25) is 10.0 Å². The number of carbonyl (C=O) groups is 1. The van der Waals surface area contributed by atoms with Crippen LogP contribution in [0.3, 0.4) is 0 Å². The van der Waals surface area contributed by atoms with E-state index < -0.39 is 10.0 Å². The van der Waals surface area contributed by atoms with Crippen LogP contribution in [0.25, 0.3) is 0 Å². The van der Waals surface area contributed by atoms with Crippen molar-refractivity contribution in [2.75, 3.05) is 39.3 Å². The number of halogens is 1. The molecule has 2 saturated heterocycles. The molecule has 9 heteroatoms. The number of benzene rings is 1. The number of sulfonamides is 1. The molecule has 2 aliphatic heterocycles. The summed E-state index contributed by atoms with van der Waals surface area (Å²) in [5.74, 6) is -0.171. The normalized spacial score (nSPS) is 21.4. The maximum Gasteiger partial charge on any atom is 0.253 e. The Kier molecular flexibility index (Phi) is 6.98. The summed E-state index contributed by atoms with van der Waals surface area (Å²) >= 11 is 6.14. The quantitative estimate of drug-likeness (QED) is 0.747. The van der Waals surface area contributed by atoms with Crippen molar-refractivity contribution >= 4 is 27.5 Å². The predicted octanol–water partition coefficient (Wildman–Crippen LogP) is 1.96. The summed E-state index contributed by atoms with van der Waals surface area (Å²) in [4.78, 5) is 16.9. The summed E-state index contributed by atoms with van der Waals surface area (Å²) in [5, 5.41) is 0.0982. The van der Waals surface area contributed by atoms with Crippen molar-refractivity contribution in [1.82, 2.24) is 14.5 Å². The van der Waals surface area contributed by atoms with Gasteiger partial charge in [0.25, 0.3) is 5.91 Å². The number of nitrogens with one attached hydrogen (secondary N) is 1. The molecule has 1 aromatic rings. The van der Waals surface area contributed by atoms with Crippen LogP contribution in [0, 0.1) is 0 Å². The van der Waals surface area contributed by atoms with Crippen LogP contribution in [0.1, 0.15) is 37.0 Å². The van der Waals surface area contributed by atoms with E-state index in [1.54, 1.807) is 11.0 Å². The van der Waals surface area contributed by atoms with Crippen LogP contribution in [0.4, 0.5) is 0 Å². The molecular weight excluding hydrogens is 402 g/mol. The fourth-order valence-electron chi connectivity index (χ4n) is 3.55. The Balaban J connectivity index is 1.71. The lowest BCUT2D eigenvalue weighted by molar-refractivity contribution is 0.0595.